The van der Waals surface area contributed by atoms with Gasteiger partial charge in [0, 0.05) is 24.8 Å². The molecule has 0 spiro atoms. The van der Waals surface area contributed by atoms with Crippen LogP contribution in [0.25, 0.3) is 11.2 Å². The summed E-state index contributed by atoms with van der Waals surface area (Å²) in [4.78, 5) is 21.5. The van der Waals surface area contributed by atoms with Crippen molar-refractivity contribution in [2.45, 2.75) is 19.9 Å². The second-order valence-electron chi connectivity index (χ2n) is 6.89. The number of nitrogens with zero attached hydrogens (tertiary/aromatic N) is 3. The number of anilines is 1. The monoisotopic (exact) mass is 385 g/mol. The molecule has 29 heavy (non-hydrogen) atoms. The first-order valence-corrected chi connectivity index (χ1v) is 9.65. The molecule has 0 aliphatic heterocycles. The molecule has 2 N–H and O–H groups in total. The third-order valence-electron chi connectivity index (χ3n) is 4.79. The molecule has 0 atom stereocenters. The van der Waals surface area contributed by atoms with Crippen LogP contribution >= 0.6 is 0 Å². The van der Waals surface area contributed by atoms with Crippen LogP contribution in [0.2, 0.25) is 0 Å². The number of imidazole rings is 1. The van der Waals surface area contributed by atoms with Gasteiger partial charge in [0.05, 0.1) is 6.54 Å². The molecule has 0 fully saturated rings. The van der Waals surface area contributed by atoms with E-state index in [1.165, 1.54) is 5.56 Å². The minimum absolute atomic E-state index is 0.219. The van der Waals surface area contributed by atoms with E-state index in [9.17, 15) is 4.79 Å². The fourth-order valence-corrected chi connectivity index (χ4v) is 3.30. The first-order chi connectivity index (χ1) is 14.2. The van der Waals surface area contributed by atoms with E-state index in [1.807, 2.05) is 61.5 Å². The summed E-state index contributed by atoms with van der Waals surface area (Å²) in [6.45, 7) is 3.14. The van der Waals surface area contributed by atoms with Gasteiger partial charge in [-0.05, 0) is 36.2 Å². The van der Waals surface area contributed by atoms with Crippen LogP contribution in [0.1, 0.15) is 17.0 Å². The zero-order valence-electron chi connectivity index (χ0n) is 16.3. The maximum absolute atomic E-state index is 12.2. The third-order valence-corrected chi connectivity index (χ3v) is 4.79. The number of rotatable bonds is 6. The van der Waals surface area contributed by atoms with Crippen LogP contribution in [0.15, 0.2) is 72.9 Å². The number of urea groups is 1. The van der Waals surface area contributed by atoms with Crippen LogP contribution in [-0.4, -0.2) is 27.1 Å². The number of hydrogen-bond acceptors (Lipinski definition) is 3. The number of para-hydroxylation sites is 1. The summed E-state index contributed by atoms with van der Waals surface area (Å²) in [5.41, 5.74) is 4.74. The number of amides is 2. The highest BCUT2D eigenvalue weighted by Crippen LogP contribution is 2.16. The molecule has 0 aliphatic rings. The van der Waals surface area contributed by atoms with Gasteiger partial charge in [0.2, 0.25) is 0 Å². The number of pyridine rings is 1. The average molecular weight is 385 g/mol. The van der Waals surface area contributed by atoms with Gasteiger partial charge < -0.3 is 15.2 Å². The first-order valence-electron chi connectivity index (χ1n) is 9.65. The Morgan fingerprint density at radius 3 is 2.62 bits per heavy atom. The first kappa shape index (κ1) is 18.7. The molecule has 2 heterocycles. The molecule has 4 aromatic rings. The number of hydrogen-bond donors (Lipinski definition) is 2. The van der Waals surface area contributed by atoms with Crippen molar-refractivity contribution < 1.29 is 4.79 Å². The molecule has 2 aromatic carbocycles. The highest BCUT2D eigenvalue weighted by Gasteiger charge is 2.12. The Balaban J connectivity index is 1.45. The van der Waals surface area contributed by atoms with Gasteiger partial charge >= 0.3 is 6.03 Å². The second kappa shape index (κ2) is 8.56. The molecule has 6 heteroatoms. The lowest BCUT2D eigenvalue weighted by Crippen LogP contribution is -2.31. The third kappa shape index (κ3) is 4.43. The molecule has 0 aliphatic carbocycles. The summed E-state index contributed by atoms with van der Waals surface area (Å²) < 4.78 is 2.12. The number of benzene rings is 2. The maximum Gasteiger partial charge on any atom is 0.319 e. The molecular formula is C23H23N5O. The molecule has 0 bridgehead atoms. The van der Waals surface area contributed by atoms with Crippen molar-refractivity contribution in [2.24, 2.45) is 0 Å². The van der Waals surface area contributed by atoms with Crippen LogP contribution in [-0.2, 0) is 13.0 Å². The quantitative estimate of drug-likeness (QED) is 0.524. The minimum atomic E-state index is -0.219. The lowest BCUT2D eigenvalue weighted by Gasteiger charge is -2.11. The van der Waals surface area contributed by atoms with Gasteiger partial charge in [-0.25, -0.2) is 14.8 Å². The van der Waals surface area contributed by atoms with E-state index in [1.54, 1.807) is 6.20 Å². The lowest BCUT2D eigenvalue weighted by atomic mass is 10.2. The number of carbonyl (C=O) groups is 1. The predicted molar refractivity (Wildman–Crippen MR) is 115 cm³/mol. The van der Waals surface area contributed by atoms with Crippen molar-refractivity contribution in [3.63, 3.8) is 0 Å². The van der Waals surface area contributed by atoms with Gasteiger partial charge in [0.15, 0.2) is 5.65 Å². The summed E-state index contributed by atoms with van der Waals surface area (Å²) in [6.07, 6.45) is 2.40. The van der Waals surface area contributed by atoms with Gasteiger partial charge in [-0.1, -0.05) is 48.5 Å². The molecule has 0 radical (unpaired) electrons. The Hall–Kier alpha value is -3.67. The molecule has 0 unspecified atom stereocenters. The van der Waals surface area contributed by atoms with Crippen molar-refractivity contribution >= 4 is 22.9 Å². The summed E-state index contributed by atoms with van der Waals surface area (Å²) in [5.74, 6) is 0.902. The zero-order chi connectivity index (χ0) is 20.1. The number of nitrogens with one attached hydrogen (secondary N) is 2. The molecule has 2 aromatic heterocycles. The lowest BCUT2D eigenvalue weighted by molar-refractivity contribution is 0.252. The van der Waals surface area contributed by atoms with E-state index in [-0.39, 0.29) is 6.03 Å². The predicted octanol–water partition coefficient (Wildman–Crippen LogP) is 4.15. The zero-order valence-corrected chi connectivity index (χ0v) is 16.3. The van der Waals surface area contributed by atoms with E-state index >= 15 is 0 Å². The van der Waals surface area contributed by atoms with Gasteiger partial charge in [0.25, 0.3) is 0 Å². The summed E-state index contributed by atoms with van der Waals surface area (Å²) in [6, 6.07) is 21.6. The van der Waals surface area contributed by atoms with Crippen LogP contribution in [0.5, 0.6) is 0 Å². The Kier molecular flexibility index (Phi) is 5.52. The smallest absolute Gasteiger partial charge is 0.319 e. The van der Waals surface area contributed by atoms with Crippen LogP contribution in [0.3, 0.4) is 0 Å². The topological polar surface area (TPSA) is 71.8 Å². The van der Waals surface area contributed by atoms with Crippen LogP contribution < -0.4 is 10.6 Å². The largest absolute Gasteiger partial charge is 0.337 e. The molecule has 6 nitrogen and oxygen atoms in total. The summed E-state index contributed by atoms with van der Waals surface area (Å²) >= 11 is 0. The fraction of sp³-hybridized carbons (Fsp3) is 0.174. The van der Waals surface area contributed by atoms with E-state index in [0.29, 0.717) is 19.5 Å². The van der Waals surface area contributed by atoms with E-state index in [4.69, 9.17) is 4.98 Å². The van der Waals surface area contributed by atoms with Crippen molar-refractivity contribution in [1.82, 2.24) is 19.9 Å². The Morgan fingerprint density at radius 1 is 1.00 bits per heavy atom. The van der Waals surface area contributed by atoms with Gasteiger partial charge in [-0.15, -0.1) is 0 Å². The van der Waals surface area contributed by atoms with Gasteiger partial charge in [-0.2, -0.15) is 0 Å². The van der Waals surface area contributed by atoms with E-state index in [2.05, 4.69) is 32.3 Å². The van der Waals surface area contributed by atoms with Gasteiger partial charge in [0.1, 0.15) is 11.3 Å². The summed E-state index contributed by atoms with van der Waals surface area (Å²) in [5, 5.41) is 5.81. The molecule has 4 rings (SSSR count). The second-order valence-corrected chi connectivity index (χ2v) is 6.89. The molecule has 146 valence electrons. The molecule has 0 saturated heterocycles. The van der Waals surface area contributed by atoms with Crippen molar-refractivity contribution in [2.75, 3.05) is 11.9 Å². The van der Waals surface area contributed by atoms with Crippen LogP contribution in [0, 0.1) is 6.92 Å². The molecule has 0 saturated carbocycles. The number of carbonyl (C=O) groups excluding carboxylic acids is 1. The molecular weight excluding hydrogens is 362 g/mol. The Bertz CT molecular complexity index is 1120. The normalized spacial score (nSPS) is 10.8. The minimum Gasteiger partial charge on any atom is -0.337 e. The SMILES string of the molecule is Cc1ccccc1NC(=O)NCCc1nc2cccnc2n1Cc1ccccc1. The summed E-state index contributed by atoms with van der Waals surface area (Å²) in [7, 11) is 0. The van der Waals surface area contributed by atoms with Crippen LogP contribution in [0.4, 0.5) is 10.5 Å². The molecule has 2 amide bonds. The average Bonchev–Trinajstić information content (AvgIpc) is 3.08. The van der Waals surface area contributed by atoms with Crippen molar-refractivity contribution in [1.29, 1.82) is 0 Å². The van der Waals surface area contributed by atoms with Crippen molar-refractivity contribution in [3.8, 4) is 0 Å². The van der Waals surface area contributed by atoms with E-state index in [0.717, 1.165) is 28.2 Å². The number of aryl methyl sites for hydroxylation is 1. The highest BCUT2D eigenvalue weighted by atomic mass is 16.2. The number of fused-ring (bicyclic) bond motifs is 1. The van der Waals surface area contributed by atoms with Gasteiger partial charge in [-0.3, -0.25) is 0 Å². The number of aromatic nitrogens is 3. The van der Waals surface area contributed by atoms with E-state index < -0.39 is 0 Å². The highest BCUT2D eigenvalue weighted by molar-refractivity contribution is 5.90. The standard InChI is InChI=1S/C23H23N5O/c1-17-8-5-6-11-19(17)27-23(29)25-15-13-21-26-20-12-7-14-24-22(20)28(21)16-18-9-3-2-4-10-18/h2-12,14H,13,15-16H2,1H3,(H2,25,27,29). The Labute approximate surface area is 169 Å². The van der Waals surface area contributed by atoms with Crippen molar-refractivity contribution in [3.05, 3.63) is 89.9 Å². The Morgan fingerprint density at radius 2 is 1.79 bits per heavy atom. The fourth-order valence-electron chi connectivity index (χ4n) is 3.30. The maximum atomic E-state index is 12.2.